The van der Waals surface area contributed by atoms with Crippen molar-refractivity contribution in [1.82, 2.24) is 38.7 Å². The molecular formula is C35H24BrF3N10S2. The first-order valence-corrected chi connectivity index (χ1v) is 17.6. The Bertz CT molecular complexity index is 2530. The molecule has 8 rings (SSSR count). The van der Waals surface area contributed by atoms with E-state index in [1.807, 2.05) is 57.9 Å². The number of hydrogen-bond acceptors (Lipinski definition) is 10. The first-order valence-electron chi connectivity index (χ1n) is 15.0. The highest BCUT2D eigenvalue weighted by molar-refractivity contribution is 9.10. The molecule has 10 nitrogen and oxygen atoms in total. The minimum atomic E-state index is -4.42. The molecule has 0 atom stereocenters. The number of alkyl halides is 3. The van der Waals surface area contributed by atoms with Gasteiger partial charge in [0.1, 0.15) is 0 Å². The number of imidazole rings is 2. The zero-order valence-corrected chi connectivity index (χ0v) is 29.3. The summed E-state index contributed by atoms with van der Waals surface area (Å²) in [5, 5.41) is 3.88. The van der Waals surface area contributed by atoms with Gasteiger partial charge in [0.2, 0.25) is 11.9 Å². The summed E-state index contributed by atoms with van der Waals surface area (Å²) in [7, 11) is 0. The molecule has 0 spiro atoms. The zero-order chi connectivity index (χ0) is 35.5. The zero-order valence-electron chi connectivity index (χ0n) is 26.1. The van der Waals surface area contributed by atoms with E-state index in [2.05, 4.69) is 57.4 Å². The number of rotatable bonds is 6. The topological polar surface area (TPSA) is 138 Å². The summed E-state index contributed by atoms with van der Waals surface area (Å²) in [6.45, 7) is 0. The number of nitrogens with zero attached hydrogens (tertiary/aromatic N) is 8. The van der Waals surface area contributed by atoms with Gasteiger partial charge in [-0.3, -0.25) is 8.80 Å². The van der Waals surface area contributed by atoms with Crippen LogP contribution in [0.15, 0.2) is 101 Å². The van der Waals surface area contributed by atoms with Crippen LogP contribution in [0.25, 0.3) is 56.7 Å². The Kier molecular flexibility index (Phi) is 9.44. The number of nitrogens with two attached hydrogens (primary N) is 2. The van der Waals surface area contributed by atoms with Crippen LogP contribution >= 0.6 is 38.6 Å². The van der Waals surface area contributed by atoms with Crippen LogP contribution < -0.4 is 11.5 Å². The van der Waals surface area contributed by atoms with Gasteiger partial charge in [0, 0.05) is 51.1 Å². The smallest absolute Gasteiger partial charge is 0.368 e. The average Bonchev–Trinajstić information content (AvgIpc) is 3.90. The summed E-state index contributed by atoms with van der Waals surface area (Å²) < 4.78 is 44.2. The second-order valence-corrected chi connectivity index (χ2v) is 13.4. The van der Waals surface area contributed by atoms with Crippen LogP contribution in [0.3, 0.4) is 0 Å². The lowest BCUT2D eigenvalue weighted by molar-refractivity contribution is -0.137. The summed E-state index contributed by atoms with van der Waals surface area (Å²) in [4.78, 5) is 26.9. The van der Waals surface area contributed by atoms with Crippen LogP contribution in [0.5, 0.6) is 0 Å². The van der Waals surface area contributed by atoms with Crippen molar-refractivity contribution in [2.75, 3.05) is 11.5 Å². The molecule has 0 fully saturated rings. The molecular weight excluding hydrogens is 761 g/mol. The van der Waals surface area contributed by atoms with E-state index in [0.717, 1.165) is 44.2 Å². The SMILES string of the molecule is Nc1nccc(/C=C/c2c(-c3ccc(Br)cc3)nc3sccn23)n1.Nc1nccc(/C=C/c2c(-c3cccc(C(F)(F)F)c3)nc3sccn23)n1. The molecule has 4 N–H and O–H groups in total. The van der Waals surface area contributed by atoms with E-state index in [1.54, 1.807) is 41.8 Å². The van der Waals surface area contributed by atoms with Gasteiger partial charge in [0.25, 0.3) is 0 Å². The minimum absolute atomic E-state index is 0.143. The molecule has 0 saturated heterocycles. The maximum Gasteiger partial charge on any atom is 0.416 e. The summed E-state index contributed by atoms with van der Waals surface area (Å²) in [5.41, 5.74) is 16.4. The molecule has 2 aromatic carbocycles. The number of aromatic nitrogens is 8. The van der Waals surface area contributed by atoms with Gasteiger partial charge in [0.15, 0.2) is 9.92 Å². The quantitative estimate of drug-likeness (QED) is 0.170. The lowest BCUT2D eigenvalue weighted by atomic mass is 10.1. The highest BCUT2D eigenvalue weighted by Crippen LogP contribution is 2.34. The van der Waals surface area contributed by atoms with Crippen molar-refractivity contribution in [2.24, 2.45) is 0 Å². The molecule has 0 radical (unpaired) electrons. The number of anilines is 2. The van der Waals surface area contributed by atoms with Gasteiger partial charge < -0.3 is 11.5 Å². The van der Waals surface area contributed by atoms with Gasteiger partial charge in [-0.1, -0.05) is 40.2 Å². The summed E-state index contributed by atoms with van der Waals surface area (Å²) >= 11 is 6.48. The van der Waals surface area contributed by atoms with Crippen LogP contribution in [0.1, 0.15) is 28.3 Å². The van der Waals surface area contributed by atoms with Crippen LogP contribution in [0.4, 0.5) is 25.1 Å². The molecule has 0 bridgehead atoms. The Labute approximate surface area is 304 Å². The molecule has 0 unspecified atom stereocenters. The van der Waals surface area contributed by atoms with Crippen molar-refractivity contribution >= 4 is 84.7 Å². The summed E-state index contributed by atoms with van der Waals surface area (Å²) in [6, 6.07) is 16.8. The number of halogens is 4. The number of thiazole rings is 2. The van der Waals surface area contributed by atoms with Crippen LogP contribution in [0.2, 0.25) is 0 Å². The summed E-state index contributed by atoms with van der Waals surface area (Å²) in [6.07, 6.45) is 10.00. The van der Waals surface area contributed by atoms with Crippen LogP contribution in [0, 0.1) is 0 Å². The standard InChI is InChI=1S/C18H12F3N5S.C17H12BrN5S/c19-18(20,21)12-3-1-2-11(10-12)15-14(26-8-9-27-17(26)25-15)5-4-13-6-7-23-16(22)24-13;18-12-3-1-11(2-4-12)15-14(23-9-10-24-17(23)22-15)6-5-13-7-8-20-16(19)21-13/h1-10H,(H2,22,23,24);1-10H,(H2,19,20,21)/b5-4+;6-5+. The Balaban J connectivity index is 0.000000160. The van der Waals surface area contributed by atoms with Crippen LogP contribution in [-0.4, -0.2) is 38.7 Å². The number of nitrogen functional groups attached to an aromatic ring is 2. The third kappa shape index (κ3) is 7.57. The van der Waals surface area contributed by atoms with Gasteiger partial charge in [0.05, 0.1) is 39.7 Å². The second-order valence-electron chi connectivity index (χ2n) is 10.7. The minimum Gasteiger partial charge on any atom is -0.368 e. The maximum absolute atomic E-state index is 13.1. The Morgan fingerprint density at radius 2 is 1.18 bits per heavy atom. The lowest BCUT2D eigenvalue weighted by Gasteiger charge is -2.08. The third-order valence-electron chi connectivity index (χ3n) is 7.39. The molecule has 0 amide bonds. The number of benzene rings is 2. The Hall–Kier alpha value is -5.71. The van der Waals surface area contributed by atoms with Gasteiger partial charge in [-0.2, -0.15) is 13.2 Å². The van der Waals surface area contributed by atoms with E-state index in [-0.39, 0.29) is 11.9 Å². The fraction of sp³-hybridized carbons (Fsp3) is 0.0286. The van der Waals surface area contributed by atoms with Gasteiger partial charge >= 0.3 is 6.18 Å². The van der Waals surface area contributed by atoms with E-state index in [9.17, 15) is 13.2 Å². The third-order valence-corrected chi connectivity index (χ3v) is 9.44. The van der Waals surface area contributed by atoms with Crippen molar-refractivity contribution in [3.8, 4) is 22.5 Å². The molecule has 0 saturated carbocycles. The van der Waals surface area contributed by atoms with Crippen molar-refractivity contribution < 1.29 is 13.2 Å². The predicted molar refractivity (Wildman–Crippen MR) is 200 cm³/mol. The van der Waals surface area contributed by atoms with Crippen LogP contribution in [-0.2, 0) is 6.18 Å². The first-order chi connectivity index (χ1) is 24.6. The van der Waals surface area contributed by atoms with E-state index < -0.39 is 11.7 Å². The van der Waals surface area contributed by atoms with Crippen molar-refractivity contribution in [3.63, 3.8) is 0 Å². The second kappa shape index (κ2) is 14.3. The molecule has 8 aromatic rings. The fourth-order valence-corrected chi connectivity index (χ4v) is 6.80. The van der Waals surface area contributed by atoms with E-state index in [4.69, 9.17) is 16.5 Å². The number of fused-ring (bicyclic) bond motifs is 2. The highest BCUT2D eigenvalue weighted by atomic mass is 79.9. The monoisotopic (exact) mass is 784 g/mol. The molecule has 16 heteroatoms. The van der Waals surface area contributed by atoms with Gasteiger partial charge in [-0.25, -0.2) is 29.9 Å². The van der Waals surface area contributed by atoms with E-state index >= 15 is 0 Å². The van der Waals surface area contributed by atoms with E-state index in [0.29, 0.717) is 27.6 Å². The largest absolute Gasteiger partial charge is 0.416 e. The molecule has 6 heterocycles. The summed E-state index contributed by atoms with van der Waals surface area (Å²) in [5.74, 6) is 0.406. The molecule has 51 heavy (non-hydrogen) atoms. The maximum atomic E-state index is 13.1. The lowest BCUT2D eigenvalue weighted by Crippen LogP contribution is -2.04. The van der Waals surface area contributed by atoms with Crippen molar-refractivity contribution in [2.45, 2.75) is 6.18 Å². The van der Waals surface area contributed by atoms with E-state index in [1.165, 1.54) is 23.6 Å². The first kappa shape index (κ1) is 33.8. The molecule has 0 aliphatic rings. The normalized spacial score (nSPS) is 11.9. The Morgan fingerprint density at radius 3 is 1.69 bits per heavy atom. The number of hydrogen-bond donors (Lipinski definition) is 2. The van der Waals surface area contributed by atoms with Crippen molar-refractivity contribution in [3.05, 3.63) is 129 Å². The fourth-order valence-electron chi connectivity index (χ4n) is 5.09. The van der Waals surface area contributed by atoms with Gasteiger partial charge in [-0.15, -0.1) is 22.7 Å². The Morgan fingerprint density at radius 1 is 0.647 bits per heavy atom. The molecule has 254 valence electrons. The van der Waals surface area contributed by atoms with Crippen molar-refractivity contribution in [1.29, 1.82) is 0 Å². The molecule has 0 aliphatic heterocycles. The van der Waals surface area contributed by atoms with Gasteiger partial charge in [-0.05, 0) is 60.7 Å². The molecule has 6 aromatic heterocycles. The average molecular weight is 786 g/mol. The highest BCUT2D eigenvalue weighted by Gasteiger charge is 2.31. The molecule has 0 aliphatic carbocycles. The predicted octanol–water partition coefficient (Wildman–Crippen LogP) is 8.99.